The lowest BCUT2D eigenvalue weighted by atomic mass is 9.99. The summed E-state index contributed by atoms with van der Waals surface area (Å²) in [5, 5.41) is 40.1. The Bertz CT molecular complexity index is 341. The second-order valence-corrected chi connectivity index (χ2v) is 4.66. The van der Waals surface area contributed by atoms with E-state index >= 15 is 0 Å². The Morgan fingerprint density at radius 2 is 2.00 bits per heavy atom. The molecule has 1 saturated heterocycles. The molecule has 1 aromatic heterocycles. The van der Waals surface area contributed by atoms with Gasteiger partial charge in [0.15, 0.2) is 5.06 Å². The molecule has 4 N–H and O–H groups in total. The predicted molar refractivity (Wildman–Crippen MR) is 58.7 cm³/mol. The van der Waals surface area contributed by atoms with E-state index in [1.165, 1.54) is 11.3 Å². The Morgan fingerprint density at radius 3 is 2.59 bits per heavy atom. The highest BCUT2D eigenvalue weighted by molar-refractivity contribution is 7.11. The van der Waals surface area contributed by atoms with Crippen molar-refractivity contribution in [2.45, 2.75) is 30.7 Å². The molecule has 0 aliphatic carbocycles. The van der Waals surface area contributed by atoms with Crippen LogP contribution in [0.15, 0.2) is 17.5 Å². The van der Waals surface area contributed by atoms with Crippen LogP contribution in [0.2, 0.25) is 0 Å². The molecule has 0 bridgehead atoms. The molecule has 0 amide bonds. The summed E-state index contributed by atoms with van der Waals surface area (Å²) >= 11 is 1.31. The van der Waals surface area contributed by atoms with Crippen LogP contribution in [0.5, 0.6) is 5.06 Å². The lowest BCUT2D eigenvalue weighted by Gasteiger charge is -2.39. The van der Waals surface area contributed by atoms with Crippen molar-refractivity contribution < 1.29 is 29.9 Å². The Labute approximate surface area is 102 Å². The normalized spacial score (nSPS) is 38.0. The van der Waals surface area contributed by atoms with Crippen molar-refractivity contribution in [3.63, 3.8) is 0 Å². The molecule has 5 atom stereocenters. The van der Waals surface area contributed by atoms with Crippen molar-refractivity contribution in [1.82, 2.24) is 0 Å². The first kappa shape index (κ1) is 12.7. The largest absolute Gasteiger partial charge is 0.452 e. The topological polar surface area (TPSA) is 99.4 Å². The van der Waals surface area contributed by atoms with E-state index in [2.05, 4.69) is 0 Å². The highest BCUT2D eigenvalue weighted by atomic mass is 32.1. The van der Waals surface area contributed by atoms with Crippen molar-refractivity contribution in [1.29, 1.82) is 0 Å². The maximum Gasteiger partial charge on any atom is 0.230 e. The van der Waals surface area contributed by atoms with Crippen molar-refractivity contribution in [2.24, 2.45) is 0 Å². The smallest absolute Gasteiger partial charge is 0.230 e. The average molecular weight is 262 g/mol. The van der Waals surface area contributed by atoms with Crippen LogP contribution in [0.1, 0.15) is 0 Å². The zero-order valence-corrected chi connectivity index (χ0v) is 9.66. The quantitative estimate of drug-likeness (QED) is 0.553. The van der Waals surface area contributed by atoms with Crippen molar-refractivity contribution in [3.8, 4) is 5.06 Å². The fourth-order valence-electron chi connectivity index (χ4n) is 1.61. The minimum absolute atomic E-state index is 0.463. The van der Waals surface area contributed by atoms with E-state index in [9.17, 15) is 15.3 Å². The Morgan fingerprint density at radius 1 is 1.24 bits per heavy atom. The second kappa shape index (κ2) is 5.30. The number of thiophene rings is 1. The standard InChI is InChI=1S/C10H14O6S/c11-4-5-7(12)8(13)9(14)10(15-5)16-6-2-1-3-17-6/h1-3,5,7-14H,4H2/t5-,7-,8+,9-,10-/m1/s1. The molecule has 17 heavy (non-hydrogen) atoms. The van der Waals surface area contributed by atoms with Crippen LogP contribution in [-0.4, -0.2) is 57.7 Å². The summed E-state index contributed by atoms with van der Waals surface area (Å²) in [7, 11) is 0. The van der Waals surface area contributed by atoms with Gasteiger partial charge in [0.1, 0.15) is 24.4 Å². The zero-order chi connectivity index (χ0) is 12.4. The molecule has 96 valence electrons. The molecule has 1 fully saturated rings. The monoisotopic (exact) mass is 262 g/mol. The summed E-state index contributed by atoms with van der Waals surface area (Å²) in [4.78, 5) is 0. The first-order valence-electron chi connectivity index (χ1n) is 5.14. The van der Waals surface area contributed by atoms with Crippen LogP contribution in [0.3, 0.4) is 0 Å². The zero-order valence-electron chi connectivity index (χ0n) is 8.84. The van der Waals surface area contributed by atoms with Crippen LogP contribution in [0.4, 0.5) is 0 Å². The van der Waals surface area contributed by atoms with Gasteiger partial charge in [-0.1, -0.05) is 0 Å². The maximum absolute atomic E-state index is 9.68. The minimum atomic E-state index is -1.41. The van der Waals surface area contributed by atoms with Gasteiger partial charge in [-0.05, 0) is 17.5 Å². The molecule has 0 aromatic carbocycles. The average Bonchev–Trinajstić information content (AvgIpc) is 2.83. The number of hydrogen-bond donors (Lipinski definition) is 4. The van der Waals surface area contributed by atoms with Crippen LogP contribution >= 0.6 is 11.3 Å². The van der Waals surface area contributed by atoms with Gasteiger partial charge in [-0.2, -0.15) is 0 Å². The third kappa shape index (κ3) is 2.59. The summed E-state index contributed by atoms with van der Waals surface area (Å²) in [6.07, 6.45) is -6.19. The molecular weight excluding hydrogens is 248 g/mol. The molecule has 0 unspecified atom stereocenters. The van der Waals surface area contributed by atoms with Crippen LogP contribution in [-0.2, 0) is 4.74 Å². The van der Waals surface area contributed by atoms with E-state index in [-0.39, 0.29) is 0 Å². The van der Waals surface area contributed by atoms with Crippen LogP contribution in [0, 0.1) is 0 Å². The summed E-state index contributed by atoms with van der Waals surface area (Å²) < 4.78 is 10.5. The van der Waals surface area contributed by atoms with Gasteiger partial charge in [0, 0.05) is 0 Å². The molecular formula is C10H14O6S. The summed E-state index contributed by atoms with van der Waals surface area (Å²) in [6, 6.07) is 3.45. The molecule has 2 rings (SSSR count). The predicted octanol–water partition coefficient (Wildman–Crippen LogP) is -1.07. The van der Waals surface area contributed by atoms with Crippen molar-refractivity contribution >= 4 is 11.3 Å². The molecule has 2 heterocycles. The molecule has 1 aliphatic heterocycles. The summed E-state index contributed by atoms with van der Waals surface area (Å²) in [5.74, 6) is 0. The van der Waals surface area contributed by atoms with E-state index < -0.39 is 37.3 Å². The van der Waals surface area contributed by atoms with Gasteiger partial charge >= 0.3 is 0 Å². The number of rotatable bonds is 3. The Balaban J connectivity index is 2.06. The van der Waals surface area contributed by atoms with E-state index in [1.54, 1.807) is 17.5 Å². The number of aliphatic hydroxyl groups is 4. The number of ether oxygens (including phenoxy) is 2. The van der Waals surface area contributed by atoms with E-state index in [4.69, 9.17) is 14.6 Å². The van der Waals surface area contributed by atoms with Gasteiger partial charge in [0.05, 0.1) is 6.61 Å². The van der Waals surface area contributed by atoms with Gasteiger partial charge in [0.2, 0.25) is 6.29 Å². The molecule has 7 heteroatoms. The fourth-order valence-corrected chi connectivity index (χ4v) is 2.21. The van der Waals surface area contributed by atoms with E-state index in [0.29, 0.717) is 5.06 Å². The highest BCUT2D eigenvalue weighted by Gasteiger charge is 2.44. The SMILES string of the molecule is OC[C@H]1O[C@H](Oc2cccs2)[C@H](O)[C@@H](O)[C@@H]1O. The van der Waals surface area contributed by atoms with Crippen molar-refractivity contribution in [2.75, 3.05) is 6.61 Å². The van der Waals surface area contributed by atoms with Gasteiger partial charge in [-0.15, -0.1) is 11.3 Å². The number of hydrogen-bond acceptors (Lipinski definition) is 7. The highest BCUT2D eigenvalue weighted by Crippen LogP contribution is 2.26. The van der Waals surface area contributed by atoms with Crippen LogP contribution in [0.25, 0.3) is 0 Å². The Kier molecular flexibility index (Phi) is 3.97. The lowest BCUT2D eigenvalue weighted by molar-refractivity contribution is -0.276. The molecule has 6 nitrogen and oxygen atoms in total. The van der Waals surface area contributed by atoms with Crippen LogP contribution < -0.4 is 4.74 Å². The van der Waals surface area contributed by atoms with Gasteiger partial charge in [0.25, 0.3) is 0 Å². The third-order valence-corrected chi connectivity index (χ3v) is 3.33. The van der Waals surface area contributed by atoms with Crippen molar-refractivity contribution in [3.05, 3.63) is 17.5 Å². The lowest BCUT2D eigenvalue weighted by Crippen LogP contribution is -2.60. The molecule has 1 aromatic rings. The first-order valence-corrected chi connectivity index (χ1v) is 6.02. The molecule has 0 saturated carbocycles. The van der Waals surface area contributed by atoms with Gasteiger partial charge in [-0.25, -0.2) is 0 Å². The maximum atomic E-state index is 9.68. The molecule has 1 aliphatic rings. The van der Waals surface area contributed by atoms with Gasteiger partial charge < -0.3 is 29.9 Å². The minimum Gasteiger partial charge on any atom is -0.452 e. The summed E-state index contributed by atoms with van der Waals surface area (Å²) in [6.45, 7) is -0.463. The van der Waals surface area contributed by atoms with E-state index in [1.807, 2.05) is 0 Å². The molecule has 0 radical (unpaired) electrons. The van der Waals surface area contributed by atoms with Gasteiger partial charge in [-0.3, -0.25) is 0 Å². The van der Waals surface area contributed by atoms with E-state index in [0.717, 1.165) is 0 Å². The number of aliphatic hydroxyl groups excluding tert-OH is 4. The summed E-state index contributed by atoms with van der Waals surface area (Å²) in [5.41, 5.74) is 0. The third-order valence-electron chi connectivity index (χ3n) is 2.58. The second-order valence-electron chi connectivity index (χ2n) is 3.75. The Hall–Kier alpha value is -0.700. The molecule has 0 spiro atoms. The fraction of sp³-hybridized carbons (Fsp3) is 0.600. The first-order chi connectivity index (χ1) is 8.13.